The first-order valence-corrected chi connectivity index (χ1v) is 10.1. The number of carbonyl (C=O) groups is 2. The molecule has 1 unspecified atom stereocenters. The molecule has 4 aliphatic carbocycles. The molecule has 0 aromatic carbocycles. The van der Waals surface area contributed by atoms with Crippen LogP contribution in [0.1, 0.15) is 59.3 Å². The molecule has 4 heteroatoms. The van der Waals surface area contributed by atoms with Gasteiger partial charge >= 0.3 is 6.16 Å². The Labute approximate surface area is 155 Å². The van der Waals surface area contributed by atoms with Gasteiger partial charge in [0.2, 0.25) is 0 Å². The number of hydrogen-bond acceptors (Lipinski definition) is 3. The van der Waals surface area contributed by atoms with E-state index in [2.05, 4.69) is 19.9 Å². The second-order valence-corrected chi connectivity index (χ2v) is 9.42. The highest BCUT2D eigenvalue weighted by Gasteiger charge is 2.59. The van der Waals surface area contributed by atoms with E-state index < -0.39 is 6.16 Å². The number of allylic oxidation sites excluding steroid dienone is 4. The van der Waals surface area contributed by atoms with Crippen LogP contribution in [0.25, 0.3) is 0 Å². The van der Waals surface area contributed by atoms with E-state index in [4.69, 9.17) is 9.84 Å². The summed E-state index contributed by atoms with van der Waals surface area (Å²) < 4.78 is 5.16. The second kappa shape index (κ2) is 5.97. The SMILES string of the molecule is CC(OC(=O)O)[C@H]1CC[C@H]2[C@@H]3CCC4=CC(=O)C=C[C@]4(C)[C@H]3CC[C@]12C. The molecule has 0 spiro atoms. The van der Waals surface area contributed by atoms with Gasteiger partial charge in [-0.2, -0.15) is 0 Å². The Morgan fingerprint density at radius 2 is 2.00 bits per heavy atom. The van der Waals surface area contributed by atoms with Gasteiger partial charge in [-0.3, -0.25) is 4.79 Å². The molecule has 0 amide bonds. The molecule has 3 saturated carbocycles. The largest absolute Gasteiger partial charge is 0.506 e. The standard InChI is InChI=1S/C22H30O4/c1-13(26-20(24)25)17-6-7-18-16-5-4-14-12-15(23)8-10-21(14,2)19(16)9-11-22(17,18)3/h8,10,12-13,16-19H,4-7,9,11H2,1-3H3,(H,24,25)/t13?,16-,17+,18-,19-,21-,22+/m0/s1. The van der Waals surface area contributed by atoms with Crippen LogP contribution in [0.2, 0.25) is 0 Å². The minimum Gasteiger partial charge on any atom is -0.450 e. The van der Waals surface area contributed by atoms with Gasteiger partial charge in [0.15, 0.2) is 5.78 Å². The van der Waals surface area contributed by atoms with E-state index in [0.717, 1.165) is 32.1 Å². The number of rotatable bonds is 2. The van der Waals surface area contributed by atoms with E-state index in [0.29, 0.717) is 23.7 Å². The van der Waals surface area contributed by atoms with Crippen molar-refractivity contribution in [2.45, 2.75) is 65.4 Å². The molecule has 0 radical (unpaired) electrons. The Morgan fingerprint density at radius 3 is 2.73 bits per heavy atom. The maximum atomic E-state index is 11.8. The second-order valence-electron chi connectivity index (χ2n) is 9.42. The van der Waals surface area contributed by atoms with Gasteiger partial charge in [-0.15, -0.1) is 0 Å². The van der Waals surface area contributed by atoms with Crippen LogP contribution in [0.5, 0.6) is 0 Å². The van der Waals surface area contributed by atoms with Gasteiger partial charge < -0.3 is 9.84 Å². The van der Waals surface area contributed by atoms with Crippen molar-refractivity contribution in [2.75, 3.05) is 0 Å². The van der Waals surface area contributed by atoms with Crippen molar-refractivity contribution in [3.05, 3.63) is 23.8 Å². The summed E-state index contributed by atoms with van der Waals surface area (Å²) >= 11 is 0. The minimum absolute atomic E-state index is 0.0272. The molecule has 3 fully saturated rings. The number of ketones is 1. The Morgan fingerprint density at radius 1 is 1.23 bits per heavy atom. The lowest BCUT2D eigenvalue weighted by Gasteiger charge is -2.57. The summed E-state index contributed by atoms with van der Waals surface area (Å²) in [5.74, 6) is 2.35. The molecule has 0 aromatic rings. The number of hydrogen-bond donors (Lipinski definition) is 1. The fraction of sp³-hybridized carbons (Fsp3) is 0.727. The van der Waals surface area contributed by atoms with Crippen LogP contribution in [-0.4, -0.2) is 23.1 Å². The lowest BCUT2D eigenvalue weighted by atomic mass is 9.47. The lowest BCUT2D eigenvalue weighted by Crippen LogP contribution is -2.50. The number of carboxylic acid groups (broad SMARTS) is 1. The molecule has 1 N–H and O–H groups in total. The molecule has 0 aliphatic heterocycles. The van der Waals surface area contributed by atoms with Crippen molar-refractivity contribution >= 4 is 11.9 Å². The molecular weight excluding hydrogens is 328 g/mol. The number of fused-ring (bicyclic) bond motifs is 5. The zero-order chi connectivity index (χ0) is 18.7. The molecule has 0 bridgehead atoms. The summed E-state index contributed by atoms with van der Waals surface area (Å²) in [5.41, 5.74) is 1.52. The van der Waals surface area contributed by atoms with E-state index in [-0.39, 0.29) is 22.7 Å². The van der Waals surface area contributed by atoms with Crippen LogP contribution in [0.4, 0.5) is 4.79 Å². The molecule has 7 atom stereocenters. The predicted octanol–water partition coefficient (Wildman–Crippen LogP) is 4.99. The van der Waals surface area contributed by atoms with E-state index in [1.807, 2.05) is 13.0 Å². The summed E-state index contributed by atoms with van der Waals surface area (Å²) in [6.07, 6.45) is 11.1. The molecular formula is C22H30O4. The first-order valence-electron chi connectivity index (χ1n) is 10.1. The molecule has 0 heterocycles. The van der Waals surface area contributed by atoms with E-state index in [9.17, 15) is 9.59 Å². The summed E-state index contributed by atoms with van der Waals surface area (Å²) in [5, 5.41) is 9.03. The van der Waals surface area contributed by atoms with Crippen LogP contribution in [0.15, 0.2) is 23.8 Å². The van der Waals surface area contributed by atoms with Gasteiger partial charge in [0.25, 0.3) is 0 Å². The maximum Gasteiger partial charge on any atom is 0.506 e. The summed E-state index contributed by atoms with van der Waals surface area (Å²) in [6, 6.07) is 0. The normalized spacial score (nSPS) is 45.2. The first-order chi connectivity index (χ1) is 12.3. The Bertz CT molecular complexity index is 692. The zero-order valence-corrected chi connectivity index (χ0v) is 16.0. The zero-order valence-electron chi connectivity index (χ0n) is 16.0. The summed E-state index contributed by atoms with van der Waals surface area (Å²) in [6.45, 7) is 6.63. The van der Waals surface area contributed by atoms with Gasteiger partial charge in [-0.25, -0.2) is 4.79 Å². The van der Waals surface area contributed by atoms with Crippen molar-refractivity contribution in [3.8, 4) is 0 Å². The molecule has 4 rings (SSSR count). The average molecular weight is 358 g/mol. The third kappa shape index (κ3) is 2.48. The van der Waals surface area contributed by atoms with Crippen molar-refractivity contribution < 1.29 is 19.4 Å². The van der Waals surface area contributed by atoms with Crippen LogP contribution < -0.4 is 0 Å². The van der Waals surface area contributed by atoms with E-state index in [1.165, 1.54) is 12.0 Å². The minimum atomic E-state index is -1.16. The Balaban J connectivity index is 1.60. The van der Waals surface area contributed by atoms with E-state index >= 15 is 0 Å². The van der Waals surface area contributed by atoms with Gasteiger partial charge in [-0.1, -0.05) is 25.5 Å². The smallest absolute Gasteiger partial charge is 0.450 e. The monoisotopic (exact) mass is 358 g/mol. The molecule has 4 nitrogen and oxygen atoms in total. The van der Waals surface area contributed by atoms with Gasteiger partial charge in [0.05, 0.1) is 0 Å². The fourth-order valence-corrected chi connectivity index (χ4v) is 7.25. The summed E-state index contributed by atoms with van der Waals surface area (Å²) in [7, 11) is 0. The molecule has 0 saturated heterocycles. The van der Waals surface area contributed by atoms with Crippen molar-refractivity contribution in [1.82, 2.24) is 0 Å². The van der Waals surface area contributed by atoms with Crippen LogP contribution >= 0.6 is 0 Å². The highest BCUT2D eigenvalue weighted by atomic mass is 16.7. The van der Waals surface area contributed by atoms with Crippen LogP contribution in [0, 0.1) is 34.5 Å². The van der Waals surface area contributed by atoms with Crippen LogP contribution in [0.3, 0.4) is 0 Å². The van der Waals surface area contributed by atoms with Crippen molar-refractivity contribution in [2.24, 2.45) is 34.5 Å². The fourth-order valence-electron chi connectivity index (χ4n) is 7.25. The Hall–Kier alpha value is -1.58. The van der Waals surface area contributed by atoms with Gasteiger partial charge in [0, 0.05) is 11.3 Å². The number of carbonyl (C=O) groups excluding carboxylic acids is 1. The lowest BCUT2D eigenvalue weighted by molar-refractivity contribution is -0.111. The predicted molar refractivity (Wildman–Crippen MR) is 98.7 cm³/mol. The highest BCUT2D eigenvalue weighted by molar-refractivity contribution is 6.01. The van der Waals surface area contributed by atoms with Gasteiger partial charge in [0.1, 0.15) is 6.10 Å². The number of ether oxygens (including phenoxy) is 1. The molecule has 142 valence electrons. The van der Waals surface area contributed by atoms with Crippen molar-refractivity contribution in [3.63, 3.8) is 0 Å². The highest BCUT2D eigenvalue weighted by Crippen LogP contribution is 2.66. The first kappa shape index (κ1) is 17.8. The third-order valence-corrected chi connectivity index (χ3v) is 8.48. The molecule has 4 aliphatic rings. The average Bonchev–Trinajstić information content (AvgIpc) is 2.92. The third-order valence-electron chi connectivity index (χ3n) is 8.48. The topological polar surface area (TPSA) is 63.6 Å². The van der Waals surface area contributed by atoms with E-state index in [1.54, 1.807) is 6.08 Å². The summed E-state index contributed by atoms with van der Waals surface area (Å²) in [4.78, 5) is 22.9. The Kier molecular flexibility index (Phi) is 4.09. The van der Waals surface area contributed by atoms with Crippen LogP contribution in [-0.2, 0) is 9.53 Å². The maximum absolute atomic E-state index is 11.8. The molecule has 0 aromatic heterocycles. The van der Waals surface area contributed by atoms with Crippen molar-refractivity contribution in [1.29, 1.82) is 0 Å². The van der Waals surface area contributed by atoms with Gasteiger partial charge in [-0.05, 0) is 80.8 Å². The quantitative estimate of drug-likeness (QED) is 0.706. The molecule has 26 heavy (non-hydrogen) atoms.